The summed E-state index contributed by atoms with van der Waals surface area (Å²) in [4.78, 5) is 13.7. The molecule has 0 atom stereocenters. The molecule has 0 spiro atoms. The molecule has 0 saturated heterocycles. The zero-order valence-electron chi connectivity index (χ0n) is 15.3. The van der Waals surface area contributed by atoms with E-state index in [1.165, 1.54) is 4.31 Å². The van der Waals surface area contributed by atoms with E-state index in [0.29, 0.717) is 19.4 Å². The Kier molecular flexibility index (Phi) is 5.16. The van der Waals surface area contributed by atoms with Gasteiger partial charge < -0.3 is 4.90 Å². The van der Waals surface area contributed by atoms with Crippen molar-refractivity contribution in [1.82, 2.24) is 4.31 Å². The van der Waals surface area contributed by atoms with Crippen molar-refractivity contribution < 1.29 is 13.2 Å². The summed E-state index contributed by atoms with van der Waals surface area (Å²) in [7, 11) is -1.91. The number of benzene rings is 2. The third kappa shape index (κ3) is 3.52. The number of nitrogens with zero attached hydrogens (tertiary/aromatic N) is 2. The number of amides is 1. The molecular weight excluding hydrogens is 348 g/mol. The van der Waals surface area contributed by atoms with Crippen LogP contribution in [0, 0.1) is 0 Å². The Morgan fingerprint density at radius 3 is 2.42 bits per heavy atom. The van der Waals surface area contributed by atoms with Crippen LogP contribution in [-0.2, 0) is 27.8 Å². The van der Waals surface area contributed by atoms with Crippen LogP contribution in [-0.4, -0.2) is 31.7 Å². The Bertz CT molecular complexity index is 908. The van der Waals surface area contributed by atoms with Crippen LogP contribution in [0.3, 0.4) is 0 Å². The van der Waals surface area contributed by atoms with E-state index >= 15 is 0 Å². The number of rotatable bonds is 5. The fraction of sp³-hybridized carbons (Fsp3) is 0.350. The third-order valence-corrected chi connectivity index (χ3v) is 6.78. The molecule has 0 N–H and O–H groups in total. The van der Waals surface area contributed by atoms with Crippen molar-refractivity contribution in [2.24, 2.45) is 0 Å². The monoisotopic (exact) mass is 372 g/mol. The first-order valence-electron chi connectivity index (χ1n) is 8.76. The van der Waals surface area contributed by atoms with Gasteiger partial charge in [0.1, 0.15) is 0 Å². The molecule has 0 saturated carbocycles. The summed E-state index contributed by atoms with van der Waals surface area (Å²) in [6.45, 7) is 4.09. The van der Waals surface area contributed by atoms with Crippen molar-refractivity contribution >= 4 is 21.6 Å². The lowest BCUT2D eigenvalue weighted by atomic mass is 10.0. The molecule has 1 aliphatic rings. The maximum atomic E-state index is 13.3. The van der Waals surface area contributed by atoms with E-state index in [1.54, 1.807) is 30.1 Å². The smallest absolute Gasteiger partial charge is 0.243 e. The minimum absolute atomic E-state index is 0.0565. The van der Waals surface area contributed by atoms with Gasteiger partial charge in [-0.05, 0) is 49.6 Å². The van der Waals surface area contributed by atoms with Crippen LogP contribution in [0.1, 0.15) is 31.4 Å². The lowest BCUT2D eigenvalue weighted by Crippen LogP contribution is -2.36. The number of fused-ring (bicyclic) bond motifs is 1. The minimum atomic E-state index is -3.63. The van der Waals surface area contributed by atoms with Gasteiger partial charge in [0.2, 0.25) is 15.9 Å². The van der Waals surface area contributed by atoms with Gasteiger partial charge in [0.15, 0.2) is 0 Å². The zero-order valence-corrected chi connectivity index (χ0v) is 16.2. The van der Waals surface area contributed by atoms with Gasteiger partial charge in [-0.25, -0.2) is 8.42 Å². The molecule has 0 bridgehead atoms. The van der Waals surface area contributed by atoms with Gasteiger partial charge >= 0.3 is 0 Å². The number of hydrogen-bond acceptors (Lipinski definition) is 3. The molecule has 26 heavy (non-hydrogen) atoms. The maximum Gasteiger partial charge on any atom is 0.243 e. The SMILES string of the molecule is CC(C)N(Cc1ccccc1)S(=O)(=O)c1ccc2c(c1)CCC(=O)N2C. The van der Waals surface area contributed by atoms with E-state index in [9.17, 15) is 13.2 Å². The molecule has 1 amide bonds. The Morgan fingerprint density at radius 1 is 1.08 bits per heavy atom. The molecule has 2 aromatic rings. The van der Waals surface area contributed by atoms with Crippen LogP contribution in [0.25, 0.3) is 0 Å². The molecule has 0 aliphatic carbocycles. The van der Waals surface area contributed by atoms with Gasteiger partial charge in [-0.15, -0.1) is 0 Å². The van der Waals surface area contributed by atoms with E-state index in [2.05, 4.69) is 0 Å². The first-order chi connectivity index (χ1) is 12.3. The van der Waals surface area contributed by atoms with Crippen LogP contribution < -0.4 is 4.90 Å². The van der Waals surface area contributed by atoms with E-state index in [-0.39, 0.29) is 16.8 Å². The first-order valence-corrected chi connectivity index (χ1v) is 10.2. The van der Waals surface area contributed by atoms with E-state index < -0.39 is 10.0 Å². The molecule has 0 aromatic heterocycles. The Hall–Kier alpha value is -2.18. The van der Waals surface area contributed by atoms with Gasteiger partial charge in [0.25, 0.3) is 0 Å². The highest BCUT2D eigenvalue weighted by Gasteiger charge is 2.29. The number of anilines is 1. The van der Waals surface area contributed by atoms with Gasteiger partial charge in [-0.3, -0.25) is 4.79 Å². The molecule has 138 valence electrons. The highest BCUT2D eigenvalue weighted by Crippen LogP contribution is 2.31. The molecule has 6 heteroatoms. The molecule has 2 aromatic carbocycles. The number of aryl methyl sites for hydroxylation is 1. The summed E-state index contributed by atoms with van der Waals surface area (Å²) in [5.41, 5.74) is 2.64. The molecule has 3 rings (SSSR count). The Balaban J connectivity index is 1.96. The second-order valence-corrected chi connectivity index (χ2v) is 8.76. The van der Waals surface area contributed by atoms with Crippen molar-refractivity contribution in [3.8, 4) is 0 Å². The fourth-order valence-electron chi connectivity index (χ4n) is 3.24. The van der Waals surface area contributed by atoms with Gasteiger partial charge in [-0.1, -0.05) is 30.3 Å². The molecule has 1 aliphatic heterocycles. The lowest BCUT2D eigenvalue weighted by Gasteiger charge is -2.29. The second kappa shape index (κ2) is 7.21. The van der Waals surface area contributed by atoms with Crippen molar-refractivity contribution in [3.05, 3.63) is 59.7 Å². The number of sulfonamides is 1. The summed E-state index contributed by atoms with van der Waals surface area (Å²) in [6, 6.07) is 14.5. The summed E-state index contributed by atoms with van der Waals surface area (Å²) < 4.78 is 28.0. The highest BCUT2D eigenvalue weighted by atomic mass is 32.2. The molecule has 0 unspecified atom stereocenters. The van der Waals surface area contributed by atoms with Gasteiger partial charge in [-0.2, -0.15) is 4.31 Å². The zero-order chi connectivity index (χ0) is 18.9. The molecule has 5 nitrogen and oxygen atoms in total. The minimum Gasteiger partial charge on any atom is -0.315 e. The summed E-state index contributed by atoms with van der Waals surface area (Å²) in [5.74, 6) is 0.0565. The quantitative estimate of drug-likeness (QED) is 0.810. The van der Waals surface area contributed by atoms with E-state index in [0.717, 1.165) is 16.8 Å². The van der Waals surface area contributed by atoms with Crippen LogP contribution >= 0.6 is 0 Å². The predicted octanol–water partition coefficient (Wildman–Crippen LogP) is 3.19. The number of carbonyl (C=O) groups excluding carboxylic acids is 1. The van der Waals surface area contributed by atoms with Crippen molar-refractivity contribution in [1.29, 1.82) is 0 Å². The van der Waals surface area contributed by atoms with Crippen LogP contribution in [0.2, 0.25) is 0 Å². The summed E-state index contributed by atoms with van der Waals surface area (Å²) in [6.07, 6.45) is 0.979. The molecule has 1 heterocycles. The van der Waals surface area contributed by atoms with E-state index in [4.69, 9.17) is 0 Å². The maximum absolute atomic E-state index is 13.3. The highest BCUT2D eigenvalue weighted by molar-refractivity contribution is 7.89. The predicted molar refractivity (Wildman–Crippen MR) is 102 cm³/mol. The normalized spacial score (nSPS) is 14.8. The molecular formula is C20H24N2O3S. The fourth-order valence-corrected chi connectivity index (χ4v) is 4.91. The Morgan fingerprint density at radius 2 is 1.77 bits per heavy atom. The topological polar surface area (TPSA) is 57.7 Å². The standard InChI is InChI=1S/C20H24N2O3S/c1-15(2)22(14-16-7-5-4-6-8-16)26(24,25)18-10-11-19-17(13-18)9-12-20(23)21(19)3/h4-8,10-11,13,15H,9,12,14H2,1-3H3. The lowest BCUT2D eigenvalue weighted by molar-refractivity contribution is -0.118. The van der Waals surface area contributed by atoms with E-state index in [1.807, 2.05) is 44.2 Å². The summed E-state index contributed by atoms with van der Waals surface area (Å²) >= 11 is 0. The van der Waals surface area contributed by atoms with Crippen LogP contribution in [0.15, 0.2) is 53.4 Å². The molecule has 0 radical (unpaired) electrons. The average Bonchev–Trinajstić information content (AvgIpc) is 2.63. The van der Waals surface area contributed by atoms with Crippen LogP contribution in [0.5, 0.6) is 0 Å². The largest absolute Gasteiger partial charge is 0.315 e. The average molecular weight is 372 g/mol. The summed E-state index contributed by atoms with van der Waals surface area (Å²) in [5, 5.41) is 0. The van der Waals surface area contributed by atoms with Crippen molar-refractivity contribution in [3.63, 3.8) is 0 Å². The number of carbonyl (C=O) groups is 1. The molecule has 0 fully saturated rings. The second-order valence-electron chi connectivity index (χ2n) is 6.87. The van der Waals surface area contributed by atoms with Crippen LogP contribution in [0.4, 0.5) is 5.69 Å². The van der Waals surface area contributed by atoms with Crippen molar-refractivity contribution in [2.75, 3.05) is 11.9 Å². The van der Waals surface area contributed by atoms with Crippen molar-refractivity contribution in [2.45, 2.75) is 44.2 Å². The third-order valence-electron chi connectivity index (χ3n) is 4.76. The first kappa shape index (κ1) is 18.6. The number of hydrogen-bond donors (Lipinski definition) is 0. The Labute approximate surface area is 155 Å². The van der Waals surface area contributed by atoms with Gasteiger partial charge in [0, 0.05) is 31.7 Å². The van der Waals surface area contributed by atoms with Gasteiger partial charge in [0.05, 0.1) is 4.90 Å².